The molecule has 0 spiro atoms. The summed E-state index contributed by atoms with van der Waals surface area (Å²) in [5.41, 5.74) is 0.105. The summed E-state index contributed by atoms with van der Waals surface area (Å²) in [4.78, 5) is 14.3. The fraction of sp³-hybridized carbons (Fsp3) is 0.273. The molecule has 0 saturated carbocycles. The van der Waals surface area contributed by atoms with Crippen LogP contribution in [0, 0.1) is 10.1 Å². The second-order valence-electron chi connectivity index (χ2n) is 3.75. The summed E-state index contributed by atoms with van der Waals surface area (Å²) in [6.07, 6.45) is -0.887. The monoisotopic (exact) mass is 265 g/mol. The van der Waals surface area contributed by atoms with Gasteiger partial charge in [0.15, 0.2) is 5.82 Å². The van der Waals surface area contributed by atoms with Crippen LogP contribution < -0.4 is 4.74 Å². The van der Waals surface area contributed by atoms with E-state index in [9.17, 15) is 15.2 Å². The average Bonchev–Trinajstić information content (AvgIpc) is 2.87. The van der Waals surface area contributed by atoms with Crippen molar-refractivity contribution in [2.75, 3.05) is 7.11 Å². The Bertz CT molecular complexity index is 608. The highest BCUT2D eigenvalue weighted by Crippen LogP contribution is 2.36. The van der Waals surface area contributed by atoms with Crippen LogP contribution in [0.25, 0.3) is 11.5 Å². The van der Waals surface area contributed by atoms with Gasteiger partial charge in [0.1, 0.15) is 6.10 Å². The number of benzene rings is 1. The largest absolute Gasteiger partial charge is 0.490 e. The fourth-order valence-electron chi connectivity index (χ4n) is 1.57. The van der Waals surface area contributed by atoms with Gasteiger partial charge in [-0.1, -0.05) is 11.2 Å². The number of para-hydroxylation sites is 1. The summed E-state index contributed by atoms with van der Waals surface area (Å²) < 4.78 is 10.00. The predicted molar refractivity (Wildman–Crippen MR) is 63.6 cm³/mol. The molecule has 0 bridgehead atoms. The third-order valence-electron chi connectivity index (χ3n) is 2.44. The van der Waals surface area contributed by atoms with Crippen LogP contribution in [0.15, 0.2) is 22.7 Å². The van der Waals surface area contributed by atoms with E-state index < -0.39 is 11.0 Å². The van der Waals surface area contributed by atoms with Gasteiger partial charge >= 0.3 is 5.69 Å². The maximum atomic E-state index is 10.9. The Kier molecular flexibility index (Phi) is 3.43. The minimum Gasteiger partial charge on any atom is -0.490 e. The zero-order chi connectivity index (χ0) is 14.0. The first-order valence-corrected chi connectivity index (χ1v) is 5.38. The van der Waals surface area contributed by atoms with Crippen LogP contribution in [0.1, 0.15) is 18.9 Å². The first kappa shape index (κ1) is 13.0. The highest BCUT2D eigenvalue weighted by Gasteiger charge is 2.23. The van der Waals surface area contributed by atoms with Gasteiger partial charge in [0, 0.05) is 6.07 Å². The summed E-state index contributed by atoms with van der Waals surface area (Å²) in [7, 11) is 1.32. The van der Waals surface area contributed by atoms with Crippen molar-refractivity contribution < 1.29 is 19.3 Å². The van der Waals surface area contributed by atoms with E-state index in [1.165, 1.54) is 26.2 Å². The molecule has 1 unspecified atom stereocenters. The quantitative estimate of drug-likeness (QED) is 0.661. The molecule has 0 fully saturated rings. The summed E-state index contributed by atoms with van der Waals surface area (Å²) in [6, 6.07) is 4.36. The van der Waals surface area contributed by atoms with Gasteiger partial charge in [-0.05, 0) is 13.0 Å². The van der Waals surface area contributed by atoms with Crippen LogP contribution in [0.3, 0.4) is 0 Å². The predicted octanol–water partition coefficient (Wildman–Crippen LogP) is 1.71. The molecule has 100 valence electrons. The minimum atomic E-state index is -0.887. The lowest BCUT2D eigenvalue weighted by Gasteiger charge is -2.04. The number of nitrogens with zero attached hydrogens (tertiary/aromatic N) is 3. The third kappa shape index (κ3) is 2.38. The van der Waals surface area contributed by atoms with Gasteiger partial charge in [-0.15, -0.1) is 0 Å². The number of hydrogen-bond acceptors (Lipinski definition) is 7. The van der Waals surface area contributed by atoms with Crippen molar-refractivity contribution in [2.45, 2.75) is 13.0 Å². The number of aliphatic hydroxyl groups is 1. The lowest BCUT2D eigenvalue weighted by molar-refractivity contribution is -0.385. The zero-order valence-electron chi connectivity index (χ0n) is 10.2. The number of aliphatic hydroxyl groups excluding tert-OH is 1. The van der Waals surface area contributed by atoms with Crippen molar-refractivity contribution in [3.8, 4) is 17.2 Å². The van der Waals surface area contributed by atoms with Crippen LogP contribution in [-0.2, 0) is 0 Å². The van der Waals surface area contributed by atoms with Gasteiger partial charge in [-0.25, -0.2) is 0 Å². The zero-order valence-corrected chi connectivity index (χ0v) is 10.2. The van der Waals surface area contributed by atoms with Gasteiger partial charge < -0.3 is 14.4 Å². The normalized spacial score (nSPS) is 12.2. The molecule has 1 aromatic carbocycles. The second kappa shape index (κ2) is 5.02. The Hall–Kier alpha value is -2.48. The van der Waals surface area contributed by atoms with Crippen molar-refractivity contribution in [3.63, 3.8) is 0 Å². The first-order chi connectivity index (χ1) is 9.04. The molecule has 1 atom stereocenters. The number of nitro benzene ring substituents is 1. The average molecular weight is 265 g/mol. The van der Waals surface area contributed by atoms with E-state index in [1.54, 1.807) is 6.07 Å². The molecular formula is C11H11N3O5. The molecule has 1 heterocycles. The van der Waals surface area contributed by atoms with Crippen LogP contribution in [0.4, 0.5) is 5.69 Å². The topological polar surface area (TPSA) is 112 Å². The molecule has 8 nitrogen and oxygen atoms in total. The molecule has 0 aliphatic heterocycles. The molecule has 2 rings (SSSR count). The molecule has 1 N–H and O–H groups in total. The number of rotatable bonds is 4. The Balaban J connectivity index is 2.54. The number of ether oxygens (including phenoxy) is 1. The molecule has 0 saturated heterocycles. The van der Waals surface area contributed by atoms with E-state index >= 15 is 0 Å². The molecule has 0 aliphatic rings. The Morgan fingerprint density at radius 3 is 2.79 bits per heavy atom. The molecule has 19 heavy (non-hydrogen) atoms. The Labute approximate surface area is 107 Å². The van der Waals surface area contributed by atoms with Gasteiger partial charge in [0.2, 0.25) is 5.75 Å². The molecule has 0 aliphatic carbocycles. The van der Waals surface area contributed by atoms with E-state index in [2.05, 4.69) is 10.1 Å². The fourth-order valence-corrected chi connectivity index (χ4v) is 1.57. The summed E-state index contributed by atoms with van der Waals surface area (Å²) in [5, 5.41) is 23.8. The van der Waals surface area contributed by atoms with Gasteiger partial charge in [0.05, 0.1) is 17.6 Å². The third-order valence-corrected chi connectivity index (χ3v) is 2.44. The lowest BCUT2D eigenvalue weighted by Crippen LogP contribution is -1.96. The summed E-state index contributed by atoms with van der Waals surface area (Å²) in [5.74, 6) is 0.188. The standard InChI is InChI=1S/C11H11N3O5/c1-6(15)10-12-11(19-13-10)7-4-3-5-8(14(16)17)9(7)18-2/h3-6,15H,1-2H3. The number of aromatic nitrogens is 2. The van der Waals surface area contributed by atoms with E-state index in [0.717, 1.165) is 0 Å². The van der Waals surface area contributed by atoms with Crippen LogP contribution in [-0.4, -0.2) is 27.3 Å². The van der Waals surface area contributed by atoms with Crippen molar-refractivity contribution in [3.05, 3.63) is 34.1 Å². The van der Waals surface area contributed by atoms with E-state index in [1.807, 2.05) is 0 Å². The summed E-state index contributed by atoms with van der Waals surface area (Å²) >= 11 is 0. The van der Waals surface area contributed by atoms with Crippen molar-refractivity contribution in [1.29, 1.82) is 0 Å². The van der Waals surface area contributed by atoms with Gasteiger partial charge in [0.25, 0.3) is 5.89 Å². The lowest BCUT2D eigenvalue weighted by atomic mass is 10.1. The van der Waals surface area contributed by atoms with E-state index in [4.69, 9.17) is 9.26 Å². The maximum absolute atomic E-state index is 10.9. The second-order valence-corrected chi connectivity index (χ2v) is 3.75. The van der Waals surface area contributed by atoms with Crippen LogP contribution in [0.2, 0.25) is 0 Å². The number of methoxy groups -OCH3 is 1. The Morgan fingerprint density at radius 1 is 1.53 bits per heavy atom. The molecular weight excluding hydrogens is 254 g/mol. The molecule has 0 radical (unpaired) electrons. The van der Waals surface area contributed by atoms with Gasteiger partial charge in [-0.2, -0.15) is 4.98 Å². The van der Waals surface area contributed by atoms with Crippen molar-refractivity contribution in [2.24, 2.45) is 0 Å². The molecule has 8 heteroatoms. The molecule has 0 amide bonds. The van der Waals surface area contributed by atoms with Crippen molar-refractivity contribution >= 4 is 5.69 Å². The summed E-state index contributed by atoms with van der Waals surface area (Å²) in [6.45, 7) is 1.49. The van der Waals surface area contributed by atoms with E-state index in [-0.39, 0.29) is 23.2 Å². The molecule has 2 aromatic rings. The SMILES string of the molecule is COc1c(-c2nc(C(C)O)no2)cccc1[N+](=O)[O-]. The Morgan fingerprint density at radius 2 is 2.26 bits per heavy atom. The van der Waals surface area contributed by atoms with Crippen molar-refractivity contribution in [1.82, 2.24) is 10.1 Å². The smallest absolute Gasteiger partial charge is 0.311 e. The minimum absolute atomic E-state index is 0.0355. The highest BCUT2D eigenvalue weighted by atomic mass is 16.6. The maximum Gasteiger partial charge on any atom is 0.311 e. The van der Waals surface area contributed by atoms with Gasteiger partial charge in [-0.3, -0.25) is 10.1 Å². The number of hydrogen-bond donors (Lipinski definition) is 1. The number of nitro groups is 1. The molecule has 1 aromatic heterocycles. The van der Waals surface area contributed by atoms with Crippen LogP contribution in [0.5, 0.6) is 5.75 Å². The highest BCUT2D eigenvalue weighted by molar-refractivity contribution is 5.69. The van der Waals surface area contributed by atoms with Crippen LogP contribution >= 0.6 is 0 Å². The first-order valence-electron chi connectivity index (χ1n) is 5.38. The van der Waals surface area contributed by atoms with E-state index in [0.29, 0.717) is 5.56 Å².